The zero-order valence-electron chi connectivity index (χ0n) is 40.1. The van der Waals surface area contributed by atoms with Gasteiger partial charge in [0, 0.05) is 51.6 Å². The van der Waals surface area contributed by atoms with Crippen LogP contribution in [-0.4, -0.2) is 178 Å². The number of hydrogen-bond donors (Lipinski definition) is 11. The number of aromatic amines is 2. The highest BCUT2D eigenvalue weighted by Crippen LogP contribution is 2.72. The minimum atomic E-state index is -6.13. The third-order valence-electron chi connectivity index (χ3n) is 12.1. The average Bonchev–Trinajstić information content (AvgIpc) is 4.13. The highest BCUT2D eigenvalue weighted by Gasteiger charge is 2.54. The number of nitrogen functional groups attached to an aromatic ring is 2. The molecular weight excluding hydrogens is 1140 g/mol. The summed E-state index contributed by atoms with van der Waals surface area (Å²) in [6.45, 7) is -7.61. The maximum Gasteiger partial charge on any atom is 0.488 e. The van der Waals surface area contributed by atoms with E-state index in [1.54, 1.807) is 0 Å². The molecule has 3 aliphatic heterocycles. The number of aliphatic hydroxyl groups is 3. The van der Waals surface area contributed by atoms with Gasteiger partial charge in [-0.2, -0.15) is 8.62 Å². The zero-order chi connectivity index (χ0) is 56.3. The molecule has 5 aromatic rings. The summed E-state index contributed by atoms with van der Waals surface area (Å²) >= 11 is -0.176. The summed E-state index contributed by atoms with van der Waals surface area (Å²) in [6, 6.07) is 0.929. The molecular formula is C35H50N13O24P4S+. The minimum absolute atomic E-state index is 0.00192. The van der Waals surface area contributed by atoms with Crippen LogP contribution >= 0.6 is 41.6 Å². The van der Waals surface area contributed by atoms with Crippen molar-refractivity contribution in [3.05, 3.63) is 62.4 Å². The monoisotopic (exact) mass is 1190 g/mol. The number of fused-ring (bicyclic) bond motifs is 2. The van der Waals surface area contributed by atoms with Crippen LogP contribution in [0.4, 0.5) is 11.8 Å². The largest absolute Gasteiger partial charge is 0.488 e. The van der Waals surface area contributed by atoms with Crippen LogP contribution in [0.2, 0.25) is 0 Å². The number of ether oxygens (including phenoxy) is 4. The molecule has 3 saturated heterocycles. The van der Waals surface area contributed by atoms with Gasteiger partial charge in [0.15, 0.2) is 30.2 Å². The van der Waals surface area contributed by atoms with E-state index in [1.165, 1.54) is 52.4 Å². The Kier molecular flexibility index (Phi) is 17.0. The molecule has 0 bridgehead atoms. The van der Waals surface area contributed by atoms with Gasteiger partial charge in [-0.1, -0.05) is 4.98 Å². The van der Waals surface area contributed by atoms with Crippen molar-refractivity contribution in [2.75, 3.05) is 51.6 Å². The zero-order valence-corrected chi connectivity index (χ0v) is 44.5. The van der Waals surface area contributed by atoms with E-state index in [4.69, 9.17) is 44.0 Å². The van der Waals surface area contributed by atoms with E-state index in [1.807, 2.05) is 4.98 Å². The van der Waals surface area contributed by atoms with Crippen LogP contribution in [0.1, 0.15) is 25.1 Å². The Morgan fingerprint density at radius 2 is 1.55 bits per heavy atom. The van der Waals surface area contributed by atoms with Gasteiger partial charge in [-0.25, -0.2) is 42.6 Å². The quantitative estimate of drug-likeness (QED) is 0.0252. The summed E-state index contributed by atoms with van der Waals surface area (Å²) in [7, 11) is -12.0. The number of H-pyrrole nitrogens is 2. The molecule has 0 radical (unpaired) electrons. The number of methoxy groups -OCH3 is 1. The van der Waals surface area contributed by atoms with Crippen LogP contribution in [0.3, 0.4) is 0 Å². The van der Waals surface area contributed by atoms with Crippen molar-refractivity contribution in [2.24, 2.45) is 13.0 Å². The molecule has 5 aromatic heterocycles. The molecule has 0 aliphatic carbocycles. The standard InChI is InChI=1S/C35H49N13O24P4S/c1-44(2)19(50)7-14-15(67-31(22(14)51)48-13-45(3)21-29(48)42-34(37)43-30(21)54)8-66-74(58,59)71-75(60,61)72-76(62,63)77-10-17-25(26(64-4)33(69-17)47-12-40-20-27(36)38-11-39-28(20)47)70-73(56,57)65-9-16-23(52)24(53)32(68-16)46-6-5-18(49)41-35(46)55/h5-6,11-17,22-26,31-33,51-53H,7-10H2,1-4H3,(H9-,36,37,38,39,41,42,43,49,54,55,56,57,58,59,60,61,62,63)/p+1/t14-,15-,16-,17?,22-,23-,24-,25-,26-,31-,32-,33-/m1/s1. The van der Waals surface area contributed by atoms with Gasteiger partial charge in [-0.15, -0.1) is 0 Å². The average molecular weight is 1190 g/mol. The van der Waals surface area contributed by atoms with E-state index in [2.05, 4.69) is 33.5 Å². The van der Waals surface area contributed by atoms with E-state index in [0.29, 0.717) is 0 Å². The van der Waals surface area contributed by atoms with Crippen molar-refractivity contribution in [3.63, 3.8) is 0 Å². The Labute approximate surface area is 433 Å². The lowest BCUT2D eigenvalue weighted by Crippen LogP contribution is -2.45. The molecule has 1 amide bonds. The molecule has 37 nitrogen and oxygen atoms in total. The SMILES string of the molecule is CO[C@@H]1[C@H](OP(=O)(O)OC[C@H]2O[C@@H](n3ccc(=O)[nH]c3=O)[C@H](O)[C@@H]2O)C(CSP(=O)(O)OP(=O)(O)OP(=O)(O)OC[C@H]2O[C@@H]([n+]3cn(C)c4c(=O)[nH]c(N)nc43)[C@H](O)[C@@H]2CC(=O)N(C)C)O[C@H]1n1cnc2c(N)ncnc21. The number of nitrogens with one attached hydrogen (secondary N) is 2. The maximum atomic E-state index is 13.6. The second-order valence-electron chi connectivity index (χ2n) is 17.4. The lowest BCUT2D eigenvalue weighted by atomic mass is 9.94. The van der Waals surface area contributed by atoms with E-state index in [0.717, 1.165) is 30.3 Å². The first kappa shape index (κ1) is 58.4. The number of aliphatic hydroxyl groups excluding tert-OH is 3. The summed E-state index contributed by atoms with van der Waals surface area (Å²) < 4.78 is 106. The number of carbonyl (C=O) groups is 1. The number of phosphoric ester groups is 2. The predicted octanol–water partition coefficient (Wildman–Crippen LogP) is -3.43. The number of aryl methyl sites for hydroxylation is 1. The van der Waals surface area contributed by atoms with Crippen LogP contribution in [0.15, 0.2) is 45.6 Å². The summed E-state index contributed by atoms with van der Waals surface area (Å²) in [5.41, 5.74) is 9.27. The number of aromatic nitrogens is 10. The number of amides is 1. The van der Waals surface area contributed by atoms with Crippen LogP contribution in [0.25, 0.3) is 22.3 Å². The third-order valence-corrected chi connectivity index (χ3v) is 19.6. The fourth-order valence-electron chi connectivity index (χ4n) is 8.51. The summed E-state index contributed by atoms with van der Waals surface area (Å²) in [5, 5.41) is 32.8. The second kappa shape index (κ2) is 22.4. The highest BCUT2D eigenvalue weighted by atomic mass is 32.7. The van der Waals surface area contributed by atoms with Crippen LogP contribution in [-0.2, 0) is 71.2 Å². The maximum absolute atomic E-state index is 13.6. The Morgan fingerprint density at radius 1 is 0.857 bits per heavy atom. The number of phosphoric acid groups is 3. The number of carbonyl (C=O) groups excluding carboxylic acids is 1. The smallest absolute Gasteiger partial charge is 0.387 e. The van der Waals surface area contributed by atoms with Crippen molar-refractivity contribution in [3.8, 4) is 0 Å². The van der Waals surface area contributed by atoms with Crippen molar-refractivity contribution in [1.29, 1.82) is 0 Å². The number of nitrogens with zero attached hydrogens (tertiary/aromatic N) is 9. The third kappa shape index (κ3) is 12.7. The Morgan fingerprint density at radius 3 is 2.23 bits per heavy atom. The van der Waals surface area contributed by atoms with Crippen molar-refractivity contribution in [2.45, 2.75) is 73.9 Å². The first-order valence-corrected chi connectivity index (χ1v) is 29.7. The highest BCUT2D eigenvalue weighted by molar-refractivity contribution is 8.55. The van der Waals surface area contributed by atoms with Gasteiger partial charge < -0.3 is 70.2 Å². The molecule has 5 unspecified atom stereocenters. The molecule has 0 saturated carbocycles. The molecule has 13 N–H and O–H groups in total. The Hall–Kier alpha value is -4.72. The summed E-state index contributed by atoms with van der Waals surface area (Å²) in [5.74, 6) is -3.00. The van der Waals surface area contributed by atoms with Crippen LogP contribution < -0.4 is 32.8 Å². The molecule has 8 rings (SSSR count). The van der Waals surface area contributed by atoms with Crippen LogP contribution in [0, 0.1) is 5.92 Å². The fraction of sp³-hybridized carbons (Fsp3) is 0.571. The van der Waals surface area contributed by atoms with Crippen molar-refractivity contribution < 1.29 is 104 Å². The molecule has 0 aromatic carbocycles. The molecule has 77 heavy (non-hydrogen) atoms. The number of anilines is 2. The van der Waals surface area contributed by atoms with Gasteiger partial charge >= 0.3 is 41.6 Å². The first-order chi connectivity index (χ1) is 36.0. The number of nitrogens with two attached hydrogens (primary N) is 2. The number of hydrogen-bond acceptors (Lipinski definition) is 27. The summed E-state index contributed by atoms with van der Waals surface area (Å²) in [4.78, 5) is 114. The number of rotatable bonds is 21. The molecule has 42 heteroatoms. The van der Waals surface area contributed by atoms with Crippen molar-refractivity contribution in [1.82, 2.24) is 48.5 Å². The first-order valence-electron chi connectivity index (χ1n) is 22.1. The normalized spacial score (nSPS) is 29.8. The van der Waals surface area contributed by atoms with Gasteiger partial charge in [0.05, 0.1) is 38.8 Å². The molecule has 3 aliphatic rings. The van der Waals surface area contributed by atoms with Crippen LogP contribution in [0.5, 0.6) is 0 Å². The van der Waals surface area contributed by atoms with E-state index in [-0.39, 0.29) is 45.5 Å². The lowest BCUT2D eigenvalue weighted by molar-refractivity contribution is -0.745. The Balaban J connectivity index is 0.951. The minimum Gasteiger partial charge on any atom is -0.387 e. The van der Waals surface area contributed by atoms with E-state index >= 15 is 0 Å². The molecule has 0 spiro atoms. The van der Waals surface area contributed by atoms with E-state index < -0.39 is 152 Å². The summed E-state index contributed by atoms with van der Waals surface area (Å²) in [6.07, 6.45) is -13.7. The van der Waals surface area contributed by atoms with Gasteiger partial charge in [-0.05, 0) is 11.4 Å². The van der Waals surface area contributed by atoms with Gasteiger partial charge in [0.2, 0.25) is 17.7 Å². The molecule has 16 atom stereocenters. The topological polar surface area (TPSA) is 518 Å². The molecule has 3 fully saturated rings. The van der Waals surface area contributed by atoms with Gasteiger partial charge in [0.1, 0.15) is 48.5 Å². The van der Waals surface area contributed by atoms with E-state index in [9.17, 15) is 72.3 Å². The number of imidazole rings is 2. The molecule has 424 valence electrons. The van der Waals surface area contributed by atoms with Gasteiger partial charge in [0.25, 0.3) is 17.1 Å². The fourth-order valence-corrected chi connectivity index (χ4v) is 15.4. The van der Waals surface area contributed by atoms with Gasteiger partial charge in [-0.3, -0.25) is 51.6 Å². The Bertz CT molecular complexity index is 3420. The molecule has 8 heterocycles. The second-order valence-corrected chi connectivity index (χ2v) is 25.9. The predicted molar refractivity (Wildman–Crippen MR) is 255 cm³/mol. The lowest BCUT2D eigenvalue weighted by Gasteiger charge is -2.26. The van der Waals surface area contributed by atoms with Crippen molar-refractivity contribution >= 4 is 81.6 Å².